The maximum Gasteiger partial charge on any atom is 0.163 e. The third-order valence-electron chi connectivity index (χ3n) is 27.2. The van der Waals surface area contributed by atoms with Gasteiger partial charge in [-0.05, 0) is 270 Å². The van der Waals surface area contributed by atoms with Gasteiger partial charge in [0.2, 0.25) is 0 Å². The lowest BCUT2D eigenvalue weighted by Gasteiger charge is -2.20. The predicted molar refractivity (Wildman–Crippen MR) is 553 cm³/mol. The van der Waals surface area contributed by atoms with Gasteiger partial charge in [-0.3, -0.25) is 38.4 Å². The Morgan fingerprint density at radius 3 is 0.920 bits per heavy atom. The Kier molecular flexibility index (Phi) is 34.5. The highest BCUT2D eigenvalue weighted by molar-refractivity contribution is 6.19. The van der Waals surface area contributed by atoms with E-state index >= 15 is 0 Å². The summed E-state index contributed by atoms with van der Waals surface area (Å²) >= 11 is 0. The van der Waals surface area contributed by atoms with Crippen LogP contribution >= 0.6 is 0 Å². The van der Waals surface area contributed by atoms with E-state index in [0.29, 0.717) is 73.7 Å². The van der Waals surface area contributed by atoms with Crippen LogP contribution in [0.15, 0.2) is 152 Å². The molecule has 0 aliphatic carbocycles. The fraction of sp³-hybridized carbons (Fsp3) is 0.393. The first-order valence-corrected chi connectivity index (χ1v) is 47.7. The first kappa shape index (κ1) is 103. The van der Waals surface area contributed by atoms with Crippen molar-refractivity contribution < 1.29 is 71.2 Å². The van der Waals surface area contributed by atoms with Crippen molar-refractivity contribution in [3.63, 3.8) is 0 Å². The fourth-order valence-electron chi connectivity index (χ4n) is 19.4. The van der Waals surface area contributed by atoms with Crippen LogP contribution in [0.2, 0.25) is 0 Å². The number of aryl methyl sites for hydroxylation is 2. The molecule has 6 heterocycles. The van der Waals surface area contributed by atoms with Crippen LogP contribution in [0.1, 0.15) is 205 Å². The van der Waals surface area contributed by atoms with Gasteiger partial charge < -0.3 is 75.8 Å². The van der Waals surface area contributed by atoms with Gasteiger partial charge in [0.25, 0.3) is 0 Å². The lowest BCUT2D eigenvalue weighted by Crippen LogP contribution is -2.26. The number of halogens is 1. The second-order valence-electron chi connectivity index (χ2n) is 35.6. The van der Waals surface area contributed by atoms with Crippen molar-refractivity contribution in [2.24, 2.45) is 0 Å². The molecule has 1 fully saturated rings. The van der Waals surface area contributed by atoms with E-state index in [0.717, 1.165) is 238 Å². The van der Waals surface area contributed by atoms with E-state index in [1.807, 2.05) is 127 Å². The standard InChI is InChI=1S/C25H30N2O4.C23H28N2O4.C23H28N2O3.C21H26N2O2.C20H23FN2O/c1-15(28)18-11-20-21-12-19(16(2)29)25(31-5)14-23(21)27(22(20)13-24(18)30-4)10-8-17-7-6-9-26(17)3;1-14(26)16-10-18-19-11-17(15(2)27)23(29-6)13-21(19)25(9-7-8-24(3)4)20(18)12-22(16)28-5;1-6-24(7-2)10-11-25-21-9-8-17(15(3)26)12-19(21)20-13-18(16(4)27)23(28-5)14-22(20)25;1-5-22(6-2)12-13-23-18-11-10-16(15(3)24)14-17(18)21-19(23)8-7-9-20(21)25-4;1-4-22(5-2)10-11-23-19-8-6-15(14(3)24)12-17(19)18-13-16(21)7-9-20(18)23/h11-14,17H,6-10H2,1-5H3;10-13H,7-9H2,1-6H3;8-9,12-14H,6-7,10-11H2,1-5H3;7-11,14H,5-6,12-13H2,1-4H3;6-9,12-13H,4-5,10-11H2,1-3H3. The molecule has 1 saturated heterocycles. The van der Waals surface area contributed by atoms with E-state index in [1.165, 1.54) is 32.8 Å². The monoisotopic (exact) mass is 1860 g/mol. The van der Waals surface area contributed by atoms with E-state index in [9.17, 15) is 42.7 Å². The molecule has 0 amide bonds. The highest BCUT2D eigenvalue weighted by atomic mass is 19.1. The van der Waals surface area contributed by atoms with Crippen molar-refractivity contribution in [3.05, 3.63) is 202 Å². The van der Waals surface area contributed by atoms with Crippen LogP contribution < -0.4 is 28.4 Å². The molecule has 0 spiro atoms. The molecule has 137 heavy (non-hydrogen) atoms. The summed E-state index contributed by atoms with van der Waals surface area (Å²) in [6, 6.07) is 48.2. The number of methoxy groups -OCH3 is 6. The third kappa shape index (κ3) is 22.2. The molecule has 0 bridgehead atoms. The zero-order valence-electron chi connectivity index (χ0n) is 84.2. The van der Waals surface area contributed by atoms with Crippen molar-refractivity contribution in [2.45, 2.75) is 161 Å². The topological polar surface area (TPSA) is 233 Å². The summed E-state index contributed by atoms with van der Waals surface area (Å²) in [6.45, 7) is 40.7. The van der Waals surface area contributed by atoms with Gasteiger partial charge in [0, 0.05) is 181 Å². The van der Waals surface area contributed by atoms with Gasteiger partial charge >= 0.3 is 0 Å². The average Bonchev–Trinajstić information content (AvgIpc) is 1.46. The van der Waals surface area contributed by atoms with Gasteiger partial charge in [-0.25, -0.2) is 4.39 Å². The summed E-state index contributed by atoms with van der Waals surface area (Å²) in [4.78, 5) is 108. The number of ketones is 8. The Morgan fingerprint density at radius 2 is 0.613 bits per heavy atom. The van der Waals surface area contributed by atoms with Crippen LogP contribution in [0, 0.1) is 5.82 Å². The molecular weight excluding hydrogens is 1730 g/mol. The number of benzene rings is 10. The van der Waals surface area contributed by atoms with Crippen molar-refractivity contribution in [3.8, 4) is 34.5 Å². The number of likely N-dealkylation sites (N-methyl/N-ethyl adjacent to an activating group) is 3. The molecule has 5 aromatic heterocycles. The summed E-state index contributed by atoms with van der Waals surface area (Å²) in [5.74, 6) is 3.33. The number of hydrogen-bond donors (Lipinski definition) is 0. The molecule has 25 heteroatoms. The molecule has 16 rings (SSSR count). The first-order valence-electron chi connectivity index (χ1n) is 47.7. The highest BCUT2D eigenvalue weighted by Gasteiger charge is 2.28. The van der Waals surface area contributed by atoms with Gasteiger partial charge in [-0.2, -0.15) is 0 Å². The number of ether oxygens (including phenoxy) is 6. The molecular formula is C112H135FN10O14. The molecule has 1 aliphatic rings. The smallest absolute Gasteiger partial charge is 0.163 e. The van der Waals surface area contributed by atoms with E-state index < -0.39 is 0 Å². The Morgan fingerprint density at radius 1 is 0.321 bits per heavy atom. The summed E-state index contributed by atoms with van der Waals surface area (Å²) < 4.78 is 58.3. The van der Waals surface area contributed by atoms with Gasteiger partial charge in [0.15, 0.2) is 46.3 Å². The highest BCUT2D eigenvalue weighted by Crippen LogP contribution is 2.43. The SMILES string of the molecule is CCN(CC)CCn1c2ccc(C(C)=O)cc2c2c(OC)cccc21.CCN(CC)CCn1c2ccc(C(C)=O)cc2c2cc(C(C)=O)c(OC)cc21.CCN(CC)CCn1c2ccc(F)cc2c2cc(C(C)=O)ccc21.COc1cc2c(cc1C(C)=O)c1cc(C(C)=O)c(OC)cc1n2CCC1CCCN1C.COc1cc2c(cc1C(C)=O)c1cc(C(C)=O)c(OC)cc1n2CCCN(C)C. The van der Waals surface area contributed by atoms with Crippen molar-refractivity contribution in [1.29, 1.82) is 0 Å². The largest absolute Gasteiger partial charge is 0.496 e. The van der Waals surface area contributed by atoms with Crippen LogP contribution in [0.4, 0.5) is 4.39 Å². The summed E-state index contributed by atoms with van der Waals surface area (Å²) in [7, 11) is 15.9. The Balaban J connectivity index is 0.000000154. The minimum Gasteiger partial charge on any atom is -0.496 e. The zero-order valence-corrected chi connectivity index (χ0v) is 84.2. The minimum atomic E-state index is -0.251. The number of nitrogens with zero attached hydrogens (tertiary/aromatic N) is 10. The number of likely N-dealkylation sites (tertiary alicyclic amines) is 1. The fourth-order valence-corrected chi connectivity index (χ4v) is 19.4. The number of fused-ring (bicyclic) bond motifs is 15. The number of Topliss-reactive ketones (excluding diaryl/α,β-unsaturated/α-hetero) is 8. The molecule has 0 N–H and O–H groups in total. The van der Waals surface area contributed by atoms with Crippen molar-refractivity contribution in [1.82, 2.24) is 47.3 Å². The number of hydrogen-bond acceptors (Lipinski definition) is 19. The van der Waals surface area contributed by atoms with E-state index in [-0.39, 0.29) is 52.1 Å². The quantitative estimate of drug-likeness (QED) is 0.0332. The minimum absolute atomic E-state index is 0.0253. The number of rotatable bonds is 36. The maximum absolute atomic E-state index is 13.8. The van der Waals surface area contributed by atoms with E-state index in [1.54, 1.807) is 90.3 Å². The molecule has 1 aliphatic heterocycles. The van der Waals surface area contributed by atoms with Crippen LogP contribution in [-0.4, -0.2) is 235 Å². The normalized spacial score (nSPS) is 12.7. The zero-order chi connectivity index (χ0) is 99.2. The van der Waals surface area contributed by atoms with Crippen LogP contribution in [0.25, 0.3) is 109 Å². The predicted octanol–water partition coefficient (Wildman–Crippen LogP) is 22.2. The molecule has 10 aromatic carbocycles. The van der Waals surface area contributed by atoms with Crippen molar-refractivity contribution >= 4 is 155 Å². The van der Waals surface area contributed by atoms with E-state index in [4.69, 9.17) is 28.4 Å². The number of aromatic nitrogens is 5. The van der Waals surface area contributed by atoms with Crippen molar-refractivity contribution in [2.75, 3.05) is 136 Å². The first-order chi connectivity index (χ1) is 65.7. The molecule has 15 aromatic rings. The van der Waals surface area contributed by atoms with Crippen LogP contribution in [0.3, 0.4) is 0 Å². The number of carbonyl (C=O) groups excluding carboxylic acids is 8. The molecule has 1 unspecified atom stereocenters. The van der Waals surface area contributed by atoms with Crippen LogP contribution in [0.5, 0.6) is 34.5 Å². The lowest BCUT2D eigenvalue weighted by molar-refractivity contribution is 0.100. The summed E-state index contributed by atoms with van der Waals surface area (Å²) in [5.41, 5.74) is 15.2. The average molecular weight is 1860 g/mol. The van der Waals surface area contributed by atoms with Gasteiger partial charge in [0.05, 0.1) is 104 Å². The van der Waals surface area contributed by atoms with E-state index in [2.05, 4.69) is 122 Å². The molecule has 1 atom stereocenters. The number of carbonyl (C=O) groups is 8. The Bertz CT molecular complexity index is 6890. The van der Waals surface area contributed by atoms with Gasteiger partial charge in [0.1, 0.15) is 40.3 Å². The molecule has 24 nitrogen and oxygen atoms in total. The van der Waals surface area contributed by atoms with Gasteiger partial charge in [-0.15, -0.1) is 0 Å². The second kappa shape index (κ2) is 45.8. The summed E-state index contributed by atoms with van der Waals surface area (Å²) in [5, 5.41) is 9.71. The second-order valence-corrected chi connectivity index (χ2v) is 35.6. The maximum atomic E-state index is 13.8. The van der Waals surface area contributed by atoms with Gasteiger partial charge in [-0.1, -0.05) is 47.6 Å². The lowest BCUT2D eigenvalue weighted by atomic mass is 10.0. The molecule has 0 radical (unpaired) electrons. The van der Waals surface area contributed by atoms with Crippen LogP contribution in [-0.2, 0) is 32.7 Å². The Hall–Kier alpha value is -12.9. The third-order valence-corrected chi connectivity index (χ3v) is 27.2. The molecule has 724 valence electrons. The molecule has 0 saturated carbocycles. The summed E-state index contributed by atoms with van der Waals surface area (Å²) in [6.07, 6.45) is 4.44. The Labute approximate surface area is 803 Å².